The lowest BCUT2D eigenvalue weighted by Crippen LogP contribution is -2.48. The number of alkyl carbamates (subject to hydrolysis) is 1. The van der Waals surface area contributed by atoms with Crippen LogP contribution >= 0.6 is 27.9 Å². The van der Waals surface area contributed by atoms with Crippen molar-refractivity contribution in [1.82, 2.24) is 10.6 Å². The average molecular weight is 719 g/mol. The number of carbonyl (C=O) groups is 4. The predicted octanol–water partition coefficient (Wildman–Crippen LogP) is 4.69. The summed E-state index contributed by atoms with van der Waals surface area (Å²) < 4.78 is 14.2. The number of phenolic OH excluding ortho intramolecular Hbond substituents is 1. The van der Waals surface area contributed by atoms with E-state index in [0.717, 1.165) is 5.56 Å². The molecule has 0 radical (unpaired) electrons. The molecule has 244 valence electrons. The Labute approximate surface area is 277 Å². The Balaban J connectivity index is 1.38. The van der Waals surface area contributed by atoms with Gasteiger partial charge in [-0.25, -0.2) is 14.4 Å². The SMILES string of the molecule is COC(=O)c1c(O)cccc1OCCCNC(=O)[C@H](Cc1ccc(C2CC(=O)[N+]([O-])(O)S2)c(Br)c1)NC(=O)OCc1ccccc1. The van der Waals surface area contributed by atoms with Crippen LogP contribution in [0.15, 0.2) is 71.2 Å². The number of methoxy groups -OCH3 is 1. The maximum Gasteiger partial charge on any atom is 0.408 e. The van der Waals surface area contributed by atoms with Gasteiger partial charge in [-0.3, -0.25) is 4.79 Å². The van der Waals surface area contributed by atoms with Gasteiger partial charge < -0.3 is 35.2 Å². The van der Waals surface area contributed by atoms with Crippen LogP contribution in [0.5, 0.6) is 11.5 Å². The molecule has 3 amide bonds. The number of ether oxygens (including phenoxy) is 3. The van der Waals surface area contributed by atoms with E-state index in [0.29, 0.717) is 34.0 Å². The van der Waals surface area contributed by atoms with E-state index in [1.165, 1.54) is 25.3 Å². The van der Waals surface area contributed by atoms with Crippen molar-refractivity contribution >= 4 is 51.8 Å². The van der Waals surface area contributed by atoms with Gasteiger partial charge in [-0.15, -0.1) is 0 Å². The zero-order valence-corrected chi connectivity index (χ0v) is 27.0. The third-order valence-corrected chi connectivity index (χ3v) is 8.74. The summed E-state index contributed by atoms with van der Waals surface area (Å²) in [6.45, 7) is 0.260. The molecule has 3 aromatic carbocycles. The standard InChI is InChI=1S/C31H32BrN3O10S/c1-43-30(39)28-24(36)9-5-10-25(28)44-14-6-13-33-29(38)23(34-31(40)45-18-19-7-3-2-4-8-19)16-20-11-12-21(22(32)15-20)26-17-27(37)35(41,42)46-26/h2-5,7-12,15,23,26,36,41H,6,13-14,16-18H2,1H3,(H,33,38)(H,34,40)/t23-,26?/m0/s1. The first kappa shape index (κ1) is 34.7. The smallest absolute Gasteiger partial charge is 0.408 e. The molecule has 46 heavy (non-hydrogen) atoms. The zero-order chi connectivity index (χ0) is 33.3. The van der Waals surface area contributed by atoms with Gasteiger partial charge in [0.1, 0.15) is 46.9 Å². The molecule has 1 aliphatic heterocycles. The highest BCUT2D eigenvalue weighted by molar-refractivity contribution is 9.10. The quantitative estimate of drug-likeness (QED) is 0.0481. The third-order valence-electron chi connectivity index (χ3n) is 6.89. The summed E-state index contributed by atoms with van der Waals surface area (Å²) in [5, 5.41) is 36.4. The number of quaternary nitrogens is 1. The highest BCUT2D eigenvalue weighted by Gasteiger charge is 2.44. The largest absolute Gasteiger partial charge is 0.579 e. The summed E-state index contributed by atoms with van der Waals surface area (Å²) >= 11 is 4.03. The van der Waals surface area contributed by atoms with Gasteiger partial charge >= 0.3 is 18.0 Å². The van der Waals surface area contributed by atoms with Crippen LogP contribution in [0.1, 0.15) is 45.1 Å². The molecule has 4 N–H and O–H groups in total. The molecule has 0 aromatic heterocycles. The zero-order valence-electron chi connectivity index (χ0n) is 24.6. The average Bonchev–Trinajstić information content (AvgIpc) is 3.30. The van der Waals surface area contributed by atoms with E-state index < -0.39 is 39.4 Å². The number of hydroxylamine groups is 2. The Kier molecular flexibility index (Phi) is 12.0. The van der Waals surface area contributed by atoms with Gasteiger partial charge in [-0.05, 0) is 41.3 Å². The third kappa shape index (κ3) is 9.20. The first-order valence-electron chi connectivity index (χ1n) is 14.1. The van der Waals surface area contributed by atoms with Crippen LogP contribution in [-0.4, -0.2) is 64.7 Å². The molecule has 13 nitrogen and oxygen atoms in total. The molecule has 0 saturated carbocycles. The molecule has 15 heteroatoms. The summed E-state index contributed by atoms with van der Waals surface area (Å²) in [4.78, 5) is 49.8. The summed E-state index contributed by atoms with van der Waals surface area (Å²) in [6.07, 6.45) is -0.529. The molecule has 4 rings (SSSR count). The number of aromatic hydroxyl groups is 1. The van der Waals surface area contributed by atoms with Crippen molar-refractivity contribution < 1.29 is 47.9 Å². The van der Waals surface area contributed by atoms with Crippen molar-refractivity contribution in [3.63, 3.8) is 0 Å². The topological polar surface area (TPSA) is 184 Å². The lowest BCUT2D eigenvalue weighted by Gasteiger charge is -2.22. The number of benzene rings is 3. The minimum absolute atomic E-state index is 0.00352. The first-order valence-corrected chi connectivity index (χ1v) is 15.7. The number of phenols is 1. The highest BCUT2D eigenvalue weighted by Crippen LogP contribution is 2.47. The van der Waals surface area contributed by atoms with Crippen LogP contribution in [0, 0.1) is 5.21 Å². The fourth-order valence-corrected chi connectivity index (χ4v) is 6.48. The lowest BCUT2D eigenvalue weighted by atomic mass is 10.0. The second kappa shape index (κ2) is 15.9. The fourth-order valence-electron chi connectivity index (χ4n) is 4.56. The molecule has 0 bridgehead atoms. The number of rotatable bonds is 13. The number of halogens is 1. The molecule has 1 aliphatic rings. The van der Waals surface area contributed by atoms with Crippen molar-refractivity contribution in [1.29, 1.82) is 0 Å². The number of nitrogens with zero attached hydrogens (tertiary/aromatic N) is 1. The van der Waals surface area contributed by atoms with Crippen LogP contribution < -0.4 is 15.4 Å². The first-order chi connectivity index (χ1) is 22.0. The monoisotopic (exact) mass is 717 g/mol. The Hall–Kier alpha value is -4.15. The Bertz CT molecular complexity index is 1570. The molecule has 3 aromatic rings. The van der Waals surface area contributed by atoms with E-state index in [4.69, 9.17) is 14.2 Å². The molecule has 1 saturated heterocycles. The fraction of sp³-hybridized carbons (Fsp3) is 0.290. The van der Waals surface area contributed by atoms with E-state index in [-0.39, 0.29) is 49.7 Å². The normalized spacial score (nSPS) is 18.0. The van der Waals surface area contributed by atoms with Crippen LogP contribution in [0.2, 0.25) is 0 Å². The minimum atomic E-state index is -2.00. The Morgan fingerprint density at radius 2 is 1.87 bits per heavy atom. The van der Waals surface area contributed by atoms with Gasteiger partial charge in [-0.2, -0.15) is 5.21 Å². The number of amides is 3. The van der Waals surface area contributed by atoms with Crippen molar-refractivity contribution in [2.75, 3.05) is 20.3 Å². The molecular weight excluding hydrogens is 686 g/mol. The lowest BCUT2D eigenvalue weighted by molar-refractivity contribution is -0.880. The predicted molar refractivity (Wildman–Crippen MR) is 169 cm³/mol. The summed E-state index contributed by atoms with van der Waals surface area (Å²) in [5.41, 5.74) is 1.95. The number of esters is 1. The van der Waals surface area contributed by atoms with E-state index in [9.17, 15) is 34.7 Å². The molecule has 1 fully saturated rings. The Morgan fingerprint density at radius 3 is 2.54 bits per heavy atom. The summed E-state index contributed by atoms with van der Waals surface area (Å²) in [7, 11) is 1.19. The highest BCUT2D eigenvalue weighted by atomic mass is 79.9. The summed E-state index contributed by atoms with van der Waals surface area (Å²) in [6, 6.07) is 17.5. The molecule has 1 heterocycles. The second-order valence-electron chi connectivity index (χ2n) is 10.2. The molecule has 2 unspecified atom stereocenters. The Morgan fingerprint density at radius 1 is 1.11 bits per heavy atom. The van der Waals surface area contributed by atoms with Gasteiger partial charge in [-0.1, -0.05) is 68.7 Å². The molecular formula is C31H32BrN3O10S. The van der Waals surface area contributed by atoms with Crippen molar-refractivity contribution in [3.8, 4) is 11.5 Å². The second-order valence-corrected chi connectivity index (χ2v) is 12.3. The molecule has 3 atom stereocenters. The van der Waals surface area contributed by atoms with Crippen molar-refractivity contribution in [2.24, 2.45) is 0 Å². The van der Waals surface area contributed by atoms with Crippen LogP contribution in [0.25, 0.3) is 0 Å². The van der Waals surface area contributed by atoms with E-state index in [1.54, 1.807) is 30.3 Å². The van der Waals surface area contributed by atoms with Gasteiger partial charge in [0, 0.05) is 17.4 Å². The van der Waals surface area contributed by atoms with Crippen LogP contribution in [-0.2, 0) is 32.1 Å². The van der Waals surface area contributed by atoms with Crippen LogP contribution in [0.4, 0.5) is 4.79 Å². The van der Waals surface area contributed by atoms with E-state index >= 15 is 0 Å². The molecule has 0 spiro atoms. The number of nitrogens with one attached hydrogen (secondary N) is 2. The van der Waals surface area contributed by atoms with Crippen LogP contribution in [0.3, 0.4) is 0 Å². The van der Waals surface area contributed by atoms with Gasteiger partial charge in [0.15, 0.2) is 0 Å². The maximum absolute atomic E-state index is 13.3. The maximum atomic E-state index is 13.3. The molecule has 0 aliphatic carbocycles. The van der Waals surface area contributed by atoms with Crippen molar-refractivity contribution in [2.45, 2.75) is 37.2 Å². The number of hydrogen-bond acceptors (Lipinski definition) is 11. The van der Waals surface area contributed by atoms with Gasteiger partial charge in [0.05, 0.1) is 20.1 Å². The minimum Gasteiger partial charge on any atom is -0.579 e. The van der Waals surface area contributed by atoms with E-state index in [2.05, 4.69) is 26.6 Å². The van der Waals surface area contributed by atoms with Crippen molar-refractivity contribution in [3.05, 3.63) is 98.7 Å². The number of hydrogen-bond donors (Lipinski definition) is 4. The van der Waals surface area contributed by atoms with Gasteiger partial charge in [0.2, 0.25) is 5.91 Å². The van der Waals surface area contributed by atoms with E-state index in [1.807, 2.05) is 18.2 Å². The summed E-state index contributed by atoms with van der Waals surface area (Å²) in [5.74, 6) is -2.25. The number of carbonyl (C=O) groups excluding carboxylic acids is 4. The van der Waals surface area contributed by atoms with Gasteiger partial charge in [0.25, 0.3) is 0 Å².